The minimum Gasteiger partial charge on any atom is -0.348 e. The first-order chi connectivity index (χ1) is 14.1. The largest absolute Gasteiger partial charge is 0.348 e. The highest BCUT2D eigenvalue weighted by Gasteiger charge is 2.20. The third kappa shape index (κ3) is 4.27. The summed E-state index contributed by atoms with van der Waals surface area (Å²) in [5.41, 5.74) is 3.08. The molecule has 1 N–H and O–H groups in total. The van der Waals surface area contributed by atoms with E-state index in [0.29, 0.717) is 22.6 Å². The number of nitrogens with one attached hydrogen (secondary N) is 1. The molecule has 0 atom stereocenters. The Kier molecular flexibility index (Phi) is 6.04. The molecule has 0 spiro atoms. The fourth-order valence-electron chi connectivity index (χ4n) is 3.07. The molecule has 0 aliphatic carbocycles. The minimum absolute atomic E-state index is 0.190. The van der Waals surface area contributed by atoms with E-state index in [4.69, 9.17) is 0 Å². The van der Waals surface area contributed by atoms with Crippen molar-refractivity contribution in [3.63, 3.8) is 0 Å². The van der Waals surface area contributed by atoms with Crippen LogP contribution in [0.4, 0.5) is 4.39 Å². The van der Waals surface area contributed by atoms with E-state index in [-0.39, 0.29) is 23.2 Å². The number of sulfonamides is 1. The summed E-state index contributed by atoms with van der Waals surface area (Å²) in [5, 5.41) is 7.24. The first-order valence-corrected chi connectivity index (χ1v) is 10.7. The molecule has 30 heavy (non-hydrogen) atoms. The first-order valence-electron chi connectivity index (χ1n) is 9.23. The Morgan fingerprint density at radius 1 is 1.07 bits per heavy atom. The molecule has 1 heterocycles. The molecule has 0 fully saturated rings. The Bertz CT molecular complexity index is 1170. The maximum Gasteiger partial charge on any atom is 0.255 e. The number of aromatic nitrogens is 2. The number of hydrogen-bond acceptors (Lipinski definition) is 4. The van der Waals surface area contributed by atoms with Gasteiger partial charge in [-0.3, -0.25) is 4.79 Å². The lowest BCUT2D eigenvalue weighted by molar-refractivity contribution is 0.0949. The summed E-state index contributed by atoms with van der Waals surface area (Å²) >= 11 is 0. The second kappa shape index (κ2) is 8.37. The van der Waals surface area contributed by atoms with Crippen LogP contribution in [0, 0.1) is 19.7 Å². The number of amides is 1. The summed E-state index contributed by atoms with van der Waals surface area (Å²) in [4.78, 5) is 12.9. The summed E-state index contributed by atoms with van der Waals surface area (Å²) in [6.45, 7) is 3.75. The van der Waals surface area contributed by atoms with Gasteiger partial charge < -0.3 is 5.32 Å². The standard InChI is InChI=1S/C21H23FN4O3S/c1-14-20(15(2)26(24-14)18-9-7-17(22)8-10-18)21(27)23-13-16-5-11-19(12-6-16)30(28,29)25(3)4/h5-12H,13H2,1-4H3,(H,23,27). The maximum atomic E-state index is 13.2. The Balaban J connectivity index is 1.75. The van der Waals surface area contributed by atoms with Crippen molar-refractivity contribution in [3.8, 4) is 5.69 Å². The number of rotatable bonds is 6. The second-order valence-corrected chi connectivity index (χ2v) is 9.20. The lowest BCUT2D eigenvalue weighted by atomic mass is 10.1. The normalized spacial score (nSPS) is 11.7. The highest BCUT2D eigenvalue weighted by atomic mass is 32.2. The lowest BCUT2D eigenvalue weighted by Gasteiger charge is -2.12. The maximum absolute atomic E-state index is 13.2. The smallest absolute Gasteiger partial charge is 0.255 e. The second-order valence-electron chi connectivity index (χ2n) is 7.05. The molecule has 0 saturated carbocycles. The molecule has 3 aromatic rings. The monoisotopic (exact) mass is 430 g/mol. The van der Waals surface area contributed by atoms with E-state index in [0.717, 1.165) is 9.87 Å². The van der Waals surface area contributed by atoms with Crippen LogP contribution in [0.15, 0.2) is 53.4 Å². The predicted octanol–water partition coefficient (Wildman–Crippen LogP) is 2.81. The van der Waals surface area contributed by atoms with Gasteiger partial charge in [0.15, 0.2) is 0 Å². The Morgan fingerprint density at radius 2 is 1.67 bits per heavy atom. The van der Waals surface area contributed by atoms with Crippen LogP contribution < -0.4 is 5.32 Å². The number of hydrogen-bond donors (Lipinski definition) is 1. The third-order valence-electron chi connectivity index (χ3n) is 4.74. The molecule has 3 rings (SSSR count). The van der Waals surface area contributed by atoms with Gasteiger partial charge in [0.2, 0.25) is 10.0 Å². The molecule has 1 amide bonds. The van der Waals surface area contributed by atoms with Gasteiger partial charge in [-0.2, -0.15) is 5.10 Å². The predicted molar refractivity (Wildman–Crippen MR) is 111 cm³/mol. The fraction of sp³-hybridized carbons (Fsp3) is 0.238. The summed E-state index contributed by atoms with van der Waals surface area (Å²) < 4.78 is 40.2. The Hall–Kier alpha value is -3.04. The number of benzene rings is 2. The molecule has 7 nitrogen and oxygen atoms in total. The van der Waals surface area contributed by atoms with Crippen molar-refractivity contribution >= 4 is 15.9 Å². The van der Waals surface area contributed by atoms with E-state index < -0.39 is 10.0 Å². The zero-order valence-corrected chi connectivity index (χ0v) is 18.0. The summed E-state index contributed by atoms with van der Waals surface area (Å²) in [7, 11) is -0.549. The molecule has 0 bridgehead atoms. The van der Waals surface area contributed by atoms with Gasteiger partial charge in [-0.25, -0.2) is 21.8 Å². The van der Waals surface area contributed by atoms with Crippen molar-refractivity contribution in [2.24, 2.45) is 0 Å². The highest BCUT2D eigenvalue weighted by Crippen LogP contribution is 2.19. The van der Waals surface area contributed by atoms with Crippen LogP contribution >= 0.6 is 0 Å². The molecule has 0 aliphatic heterocycles. The number of halogens is 1. The zero-order valence-electron chi connectivity index (χ0n) is 17.2. The van der Waals surface area contributed by atoms with Crippen LogP contribution in [-0.2, 0) is 16.6 Å². The third-order valence-corrected chi connectivity index (χ3v) is 6.57. The topological polar surface area (TPSA) is 84.3 Å². The zero-order chi connectivity index (χ0) is 22.1. The van der Waals surface area contributed by atoms with Crippen LogP contribution in [0.1, 0.15) is 27.3 Å². The summed E-state index contributed by atoms with van der Waals surface area (Å²) in [5.74, 6) is -0.633. The summed E-state index contributed by atoms with van der Waals surface area (Å²) in [6.07, 6.45) is 0. The molecule has 0 radical (unpaired) electrons. The van der Waals surface area contributed by atoms with Crippen molar-refractivity contribution in [2.75, 3.05) is 14.1 Å². The molecule has 158 valence electrons. The van der Waals surface area contributed by atoms with Gasteiger partial charge in [-0.15, -0.1) is 0 Å². The van der Waals surface area contributed by atoms with Crippen LogP contribution in [0.2, 0.25) is 0 Å². The fourth-order valence-corrected chi connectivity index (χ4v) is 3.97. The van der Waals surface area contributed by atoms with Gasteiger partial charge >= 0.3 is 0 Å². The van der Waals surface area contributed by atoms with E-state index in [1.165, 1.54) is 38.4 Å². The van der Waals surface area contributed by atoms with Crippen molar-refractivity contribution in [3.05, 3.63) is 76.9 Å². The Labute approximate surface area is 175 Å². The molecule has 2 aromatic carbocycles. The van der Waals surface area contributed by atoms with Crippen molar-refractivity contribution < 1.29 is 17.6 Å². The van der Waals surface area contributed by atoms with Crippen LogP contribution in [-0.4, -0.2) is 42.5 Å². The minimum atomic E-state index is -3.49. The number of carbonyl (C=O) groups is 1. The molecule has 0 saturated heterocycles. The van der Waals surface area contributed by atoms with E-state index in [1.54, 1.807) is 42.8 Å². The number of nitrogens with zero attached hydrogens (tertiary/aromatic N) is 3. The van der Waals surface area contributed by atoms with Gasteiger partial charge in [-0.1, -0.05) is 12.1 Å². The van der Waals surface area contributed by atoms with E-state index in [2.05, 4.69) is 10.4 Å². The van der Waals surface area contributed by atoms with Gasteiger partial charge in [0, 0.05) is 20.6 Å². The number of aryl methyl sites for hydroxylation is 1. The highest BCUT2D eigenvalue weighted by molar-refractivity contribution is 7.89. The van der Waals surface area contributed by atoms with Gasteiger partial charge in [0.25, 0.3) is 5.91 Å². The van der Waals surface area contributed by atoms with Crippen LogP contribution in [0.3, 0.4) is 0 Å². The molecule has 1 aromatic heterocycles. The van der Waals surface area contributed by atoms with Crippen LogP contribution in [0.5, 0.6) is 0 Å². The Morgan fingerprint density at radius 3 is 2.23 bits per heavy atom. The van der Waals surface area contributed by atoms with Crippen molar-refractivity contribution in [1.82, 2.24) is 19.4 Å². The molecular formula is C21H23FN4O3S. The SMILES string of the molecule is Cc1nn(-c2ccc(F)cc2)c(C)c1C(=O)NCc1ccc(S(=O)(=O)N(C)C)cc1. The average Bonchev–Trinajstić information content (AvgIpc) is 3.01. The molecule has 0 aliphatic rings. The quantitative estimate of drug-likeness (QED) is 0.652. The van der Waals surface area contributed by atoms with Gasteiger partial charge in [0.05, 0.1) is 27.5 Å². The van der Waals surface area contributed by atoms with E-state index in [9.17, 15) is 17.6 Å². The van der Waals surface area contributed by atoms with Crippen LogP contribution in [0.25, 0.3) is 5.69 Å². The average molecular weight is 431 g/mol. The molecular weight excluding hydrogens is 407 g/mol. The van der Waals surface area contributed by atoms with E-state index >= 15 is 0 Å². The molecule has 0 unspecified atom stereocenters. The molecule has 9 heteroatoms. The van der Waals surface area contributed by atoms with E-state index in [1.807, 2.05) is 0 Å². The van der Waals surface area contributed by atoms with Gasteiger partial charge in [-0.05, 0) is 55.8 Å². The van der Waals surface area contributed by atoms with Crippen molar-refractivity contribution in [2.45, 2.75) is 25.3 Å². The lowest BCUT2D eigenvalue weighted by Crippen LogP contribution is -2.24. The van der Waals surface area contributed by atoms with Crippen molar-refractivity contribution in [1.29, 1.82) is 0 Å². The number of carbonyl (C=O) groups excluding carboxylic acids is 1. The van der Waals surface area contributed by atoms with Gasteiger partial charge in [0.1, 0.15) is 5.82 Å². The summed E-state index contributed by atoms with van der Waals surface area (Å²) in [6, 6.07) is 12.2. The first kappa shape index (κ1) is 21.7.